The van der Waals surface area contributed by atoms with Crippen molar-refractivity contribution >= 4 is 28.9 Å². The first-order chi connectivity index (χ1) is 10.0. The first kappa shape index (κ1) is 15.5. The van der Waals surface area contributed by atoms with Gasteiger partial charge in [0.2, 0.25) is 0 Å². The van der Waals surface area contributed by atoms with Crippen LogP contribution in [0.25, 0.3) is 0 Å². The summed E-state index contributed by atoms with van der Waals surface area (Å²) in [6.07, 6.45) is 0. The lowest BCUT2D eigenvalue weighted by Crippen LogP contribution is -2.07. The van der Waals surface area contributed by atoms with Crippen LogP contribution in [0.5, 0.6) is 0 Å². The maximum absolute atomic E-state index is 13.8. The molecule has 21 heavy (non-hydrogen) atoms. The minimum absolute atomic E-state index is 0.167. The third kappa shape index (κ3) is 3.82. The quantitative estimate of drug-likeness (QED) is 0.849. The molecule has 0 aliphatic heterocycles. The van der Waals surface area contributed by atoms with Crippen molar-refractivity contribution in [2.75, 3.05) is 17.2 Å². The second kappa shape index (κ2) is 6.72. The molecule has 2 rings (SSSR count). The molecule has 0 unspecified atom stereocenters. The molecule has 4 nitrogen and oxygen atoms in total. The van der Waals surface area contributed by atoms with E-state index < -0.39 is 5.82 Å². The Labute approximate surface area is 128 Å². The van der Waals surface area contributed by atoms with Gasteiger partial charge in [-0.25, -0.2) is 14.4 Å². The Morgan fingerprint density at radius 3 is 2.57 bits per heavy atom. The van der Waals surface area contributed by atoms with Crippen molar-refractivity contribution in [3.63, 3.8) is 0 Å². The van der Waals surface area contributed by atoms with Crippen LogP contribution in [0, 0.1) is 5.82 Å². The molecule has 0 fully saturated rings. The summed E-state index contributed by atoms with van der Waals surface area (Å²) in [5, 5.41) is 6.39. The Kier molecular flexibility index (Phi) is 4.96. The van der Waals surface area contributed by atoms with Crippen LogP contribution in [-0.4, -0.2) is 16.5 Å². The van der Waals surface area contributed by atoms with Gasteiger partial charge in [0, 0.05) is 18.5 Å². The molecule has 2 N–H and O–H groups in total. The Hall–Kier alpha value is -1.88. The topological polar surface area (TPSA) is 49.8 Å². The zero-order chi connectivity index (χ0) is 15.4. The fourth-order valence-corrected chi connectivity index (χ4v) is 2.02. The molecule has 0 radical (unpaired) electrons. The second-order valence-electron chi connectivity index (χ2n) is 4.90. The fourth-order valence-electron chi connectivity index (χ4n) is 1.81. The third-order valence-electron chi connectivity index (χ3n) is 2.83. The smallest absolute Gasteiger partial charge is 0.148 e. The Morgan fingerprint density at radius 2 is 1.95 bits per heavy atom. The van der Waals surface area contributed by atoms with Crippen LogP contribution in [0.1, 0.15) is 32.5 Å². The molecule has 0 saturated carbocycles. The van der Waals surface area contributed by atoms with Crippen LogP contribution in [0.15, 0.2) is 24.3 Å². The van der Waals surface area contributed by atoms with Gasteiger partial charge in [0.25, 0.3) is 0 Å². The predicted octanol–water partition coefficient (Wildman–Crippen LogP) is 4.57. The highest BCUT2D eigenvalue weighted by molar-refractivity contribution is 6.33. The Morgan fingerprint density at radius 1 is 1.24 bits per heavy atom. The molecule has 6 heteroatoms. The zero-order valence-electron chi connectivity index (χ0n) is 12.2. The molecule has 0 atom stereocenters. The van der Waals surface area contributed by atoms with Crippen LogP contribution in [0.3, 0.4) is 0 Å². The summed E-state index contributed by atoms with van der Waals surface area (Å²) in [6, 6.07) is 6.28. The minimum Gasteiger partial charge on any atom is -0.370 e. The SMILES string of the molecule is CCNc1cc(Nc2c(F)cccc2Cl)nc(C(C)C)n1. The summed E-state index contributed by atoms with van der Waals surface area (Å²) in [6.45, 7) is 6.74. The van der Waals surface area contributed by atoms with Crippen molar-refractivity contribution < 1.29 is 4.39 Å². The van der Waals surface area contributed by atoms with Gasteiger partial charge in [0.1, 0.15) is 23.3 Å². The standard InChI is InChI=1S/C15H18ClFN4/c1-4-18-12-8-13(21-15(20-12)9(2)3)19-14-10(16)6-5-7-11(14)17/h5-9H,4H2,1-3H3,(H2,18,19,20,21). The van der Waals surface area contributed by atoms with E-state index in [4.69, 9.17) is 11.6 Å². The van der Waals surface area contributed by atoms with Gasteiger partial charge in [-0.3, -0.25) is 0 Å². The first-order valence-corrected chi connectivity index (χ1v) is 7.23. The van der Waals surface area contributed by atoms with Gasteiger partial charge in [0.05, 0.1) is 10.7 Å². The van der Waals surface area contributed by atoms with E-state index in [1.165, 1.54) is 6.07 Å². The third-order valence-corrected chi connectivity index (χ3v) is 3.15. The number of halogens is 2. The summed E-state index contributed by atoms with van der Waals surface area (Å²) >= 11 is 6.02. The molecule has 0 saturated heterocycles. The number of rotatable bonds is 5. The van der Waals surface area contributed by atoms with Gasteiger partial charge in [-0.1, -0.05) is 31.5 Å². The normalized spacial score (nSPS) is 10.8. The Balaban J connectivity index is 2.39. The molecule has 1 heterocycles. The number of para-hydroxylation sites is 1. The van der Waals surface area contributed by atoms with Crippen molar-refractivity contribution in [3.8, 4) is 0 Å². The lowest BCUT2D eigenvalue weighted by molar-refractivity contribution is 0.632. The molecule has 112 valence electrons. The van der Waals surface area contributed by atoms with E-state index in [0.29, 0.717) is 22.5 Å². The van der Waals surface area contributed by atoms with Crippen molar-refractivity contribution in [2.45, 2.75) is 26.7 Å². The highest BCUT2D eigenvalue weighted by Gasteiger charge is 2.11. The number of anilines is 3. The molecule has 2 aromatic rings. The molecular weight excluding hydrogens is 291 g/mol. The highest BCUT2D eigenvalue weighted by Crippen LogP contribution is 2.28. The van der Waals surface area contributed by atoms with E-state index >= 15 is 0 Å². The van der Waals surface area contributed by atoms with E-state index in [0.717, 1.165) is 6.54 Å². The van der Waals surface area contributed by atoms with Crippen LogP contribution in [0.4, 0.5) is 21.7 Å². The number of hydrogen-bond acceptors (Lipinski definition) is 4. The molecule has 0 aliphatic rings. The average Bonchev–Trinajstić information content (AvgIpc) is 2.43. The van der Waals surface area contributed by atoms with E-state index in [-0.39, 0.29) is 11.6 Å². The number of hydrogen-bond donors (Lipinski definition) is 2. The number of nitrogens with one attached hydrogen (secondary N) is 2. The maximum atomic E-state index is 13.8. The monoisotopic (exact) mass is 308 g/mol. The van der Waals surface area contributed by atoms with Gasteiger partial charge >= 0.3 is 0 Å². The predicted molar refractivity (Wildman–Crippen MR) is 85.0 cm³/mol. The van der Waals surface area contributed by atoms with Crippen molar-refractivity contribution in [1.82, 2.24) is 9.97 Å². The minimum atomic E-state index is -0.419. The molecule has 0 spiro atoms. The molecule has 0 amide bonds. The number of aromatic nitrogens is 2. The number of nitrogens with zero attached hydrogens (tertiary/aromatic N) is 2. The lowest BCUT2D eigenvalue weighted by Gasteiger charge is -2.13. The first-order valence-electron chi connectivity index (χ1n) is 6.85. The van der Waals surface area contributed by atoms with Crippen molar-refractivity contribution in [3.05, 3.63) is 40.9 Å². The van der Waals surface area contributed by atoms with Gasteiger partial charge in [0.15, 0.2) is 0 Å². The summed E-state index contributed by atoms with van der Waals surface area (Å²) in [5.74, 6) is 1.64. The molecular formula is C15H18ClFN4. The van der Waals surface area contributed by atoms with Gasteiger partial charge in [-0.15, -0.1) is 0 Å². The second-order valence-corrected chi connectivity index (χ2v) is 5.31. The van der Waals surface area contributed by atoms with Gasteiger partial charge < -0.3 is 10.6 Å². The Bertz CT molecular complexity index is 611. The van der Waals surface area contributed by atoms with E-state index in [1.807, 2.05) is 20.8 Å². The van der Waals surface area contributed by atoms with Crippen LogP contribution < -0.4 is 10.6 Å². The van der Waals surface area contributed by atoms with Crippen LogP contribution >= 0.6 is 11.6 Å². The fraction of sp³-hybridized carbons (Fsp3) is 0.333. The van der Waals surface area contributed by atoms with Crippen LogP contribution in [0.2, 0.25) is 5.02 Å². The van der Waals surface area contributed by atoms with Gasteiger partial charge in [-0.05, 0) is 19.1 Å². The van der Waals surface area contributed by atoms with E-state index in [1.54, 1.807) is 18.2 Å². The lowest BCUT2D eigenvalue weighted by atomic mass is 10.2. The number of benzene rings is 1. The van der Waals surface area contributed by atoms with Crippen LogP contribution in [-0.2, 0) is 0 Å². The summed E-state index contributed by atoms with van der Waals surface area (Å²) in [5.41, 5.74) is 0.218. The highest BCUT2D eigenvalue weighted by atomic mass is 35.5. The molecule has 1 aromatic carbocycles. The zero-order valence-corrected chi connectivity index (χ0v) is 13.0. The summed E-state index contributed by atoms with van der Waals surface area (Å²) in [4.78, 5) is 8.83. The molecule has 0 aliphatic carbocycles. The summed E-state index contributed by atoms with van der Waals surface area (Å²) in [7, 11) is 0. The van der Waals surface area contributed by atoms with Gasteiger partial charge in [-0.2, -0.15) is 0 Å². The maximum Gasteiger partial charge on any atom is 0.148 e. The summed E-state index contributed by atoms with van der Waals surface area (Å²) < 4.78 is 13.8. The molecule has 0 bridgehead atoms. The van der Waals surface area contributed by atoms with E-state index in [2.05, 4.69) is 20.6 Å². The average molecular weight is 309 g/mol. The van der Waals surface area contributed by atoms with Crippen molar-refractivity contribution in [1.29, 1.82) is 0 Å². The van der Waals surface area contributed by atoms with Crippen molar-refractivity contribution in [2.24, 2.45) is 0 Å². The molecule has 1 aromatic heterocycles. The largest absolute Gasteiger partial charge is 0.370 e. The van der Waals surface area contributed by atoms with E-state index in [9.17, 15) is 4.39 Å².